The number of aromatic nitrogens is 3. The second-order valence-electron chi connectivity index (χ2n) is 5.16. The molecule has 0 saturated heterocycles. The van der Waals surface area contributed by atoms with E-state index in [1.54, 1.807) is 41.8 Å². The number of benzene rings is 1. The number of carbonyl (C=O) groups excluding carboxylic acids is 1. The van der Waals surface area contributed by atoms with Crippen LogP contribution in [0.1, 0.15) is 6.92 Å². The number of rotatable bonds is 6. The Balaban J connectivity index is 1.79. The summed E-state index contributed by atoms with van der Waals surface area (Å²) >= 11 is 0. The van der Waals surface area contributed by atoms with Crippen LogP contribution in [0, 0.1) is 0 Å². The van der Waals surface area contributed by atoms with E-state index in [1.807, 2.05) is 13.0 Å². The summed E-state index contributed by atoms with van der Waals surface area (Å²) < 4.78 is 17.6. The maximum Gasteiger partial charge on any atom is 0.326 e. The van der Waals surface area contributed by atoms with E-state index < -0.39 is 6.03 Å². The fraction of sp³-hybridized carbons (Fsp3) is 0.235. The molecule has 9 heteroatoms. The molecule has 2 aromatic heterocycles. The van der Waals surface area contributed by atoms with Crippen molar-refractivity contribution in [3.63, 3.8) is 0 Å². The summed E-state index contributed by atoms with van der Waals surface area (Å²) in [6.45, 7) is 2.36. The summed E-state index contributed by atoms with van der Waals surface area (Å²) in [5, 5.41) is 13.4. The van der Waals surface area contributed by atoms with Gasteiger partial charge in [0.25, 0.3) is 0 Å². The van der Waals surface area contributed by atoms with E-state index in [0.29, 0.717) is 35.3 Å². The third kappa shape index (κ3) is 3.46. The van der Waals surface area contributed by atoms with E-state index in [2.05, 4.69) is 20.8 Å². The Bertz CT molecular complexity index is 925. The Hall–Kier alpha value is -3.49. The number of hydrogen-bond acceptors (Lipinski definition) is 6. The van der Waals surface area contributed by atoms with E-state index in [4.69, 9.17) is 14.2 Å². The number of ether oxygens (including phenoxy) is 3. The van der Waals surface area contributed by atoms with Crippen LogP contribution in [0.2, 0.25) is 0 Å². The fourth-order valence-corrected chi connectivity index (χ4v) is 2.43. The fourth-order valence-electron chi connectivity index (χ4n) is 2.43. The quantitative estimate of drug-likeness (QED) is 0.704. The van der Waals surface area contributed by atoms with E-state index in [-0.39, 0.29) is 5.95 Å². The van der Waals surface area contributed by atoms with Gasteiger partial charge in [0.2, 0.25) is 11.8 Å². The number of amides is 2. The van der Waals surface area contributed by atoms with Crippen molar-refractivity contribution < 1.29 is 19.0 Å². The molecule has 0 atom stereocenters. The van der Waals surface area contributed by atoms with Gasteiger partial charge in [0, 0.05) is 11.8 Å². The van der Waals surface area contributed by atoms with Crippen LogP contribution in [0.4, 0.5) is 16.4 Å². The van der Waals surface area contributed by atoms with Gasteiger partial charge in [-0.05, 0) is 31.2 Å². The van der Waals surface area contributed by atoms with Crippen molar-refractivity contribution in [2.24, 2.45) is 0 Å². The number of nitrogens with zero attached hydrogens (tertiary/aromatic N) is 3. The molecule has 0 unspecified atom stereocenters. The van der Waals surface area contributed by atoms with Crippen molar-refractivity contribution in [3.8, 4) is 17.4 Å². The van der Waals surface area contributed by atoms with Gasteiger partial charge < -0.3 is 19.5 Å². The van der Waals surface area contributed by atoms with Gasteiger partial charge in [-0.15, -0.1) is 10.2 Å². The minimum Gasteiger partial charge on any atom is -0.493 e. The van der Waals surface area contributed by atoms with Crippen molar-refractivity contribution in [3.05, 3.63) is 36.4 Å². The molecular formula is C17H19N5O4. The summed E-state index contributed by atoms with van der Waals surface area (Å²) in [6, 6.07) is 9.94. The van der Waals surface area contributed by atoms with Crippen LogP contribution in [-0.4, -0.2) is 41.5 Å². The monoisotopic (exact) mass is 357 g/mol. The number of methoxy groups -OCH3 is 2. The first kappa shape index (κ1) is 17.3. The largest absolute Gasteiger partial charge is 0.493 e. The third-order valence-electron chi connectivity index (χ3n) is 3.55. The maximum absolute atomic E-state index is 12.3. The van der Waals surface area contributed by atoms with Crippen molar-refractivity contribution in [2.45, 2.75) is 6.92 Å². The lowest BCUT2D eigenvalue weighted by atomic mass is 10.3. The highest BCUT2D eigenvalue weighted by Gasteiger charge is 2.13. The number of urea groups is 1. The van der Waals surface area contributed by atoms with Gasteiger partial charge >= 0.3 is 6.03 Å². The third-order valence-corrected chi connectivity index (χ3v) is 3.55. The van der Waals surface area contributed by atoms with Crippen molar-refractivity contribution in [1.29, 1.82) is 0 Å². The number of anilines is 2. The number of fused-ring (bicyclic) bond motifs is 1. The zero-order valence-electron chi connectivity index (χ0n) is 14.6. The summed E-state index contributed by atoms with van der Waals surface area (Å²) in [6.07, 6.45) is 0. The zero-order valence-corrected chi connectivity index (χ0v) is 14.6. The number of pyridine rings is 1. The molecule has 2 N–H and O–H groups in total. The van der Waals surface area contributed by atoms with Crippen molar-refractivity contribution in [2.75, 3.05) is 31.5 Å². The van der Waals surface area contributed by atoms with Crippen LogP contribution in [-0.2, 0) is 0 Å². The smallest absolute Gasteiger partial charge is 0.326 e. The average molecular weight is 357 g/mol. The second kappa shape index (κ2) is 7.60. The van der Waals surface area contributed by atoms with Crippen LogP contribution in [0.3, 0.4) is 0 Å². The highest BCUT2D eigenvalue weighted by molar-refractivity contribution is 5.99. The summed E-state index contributed by atoms with van der Waals surface area (Å²) in [7, 11) is 3.07. The molecule has 0 saturated carbocycles. The Morgan fingerprint density at radius 3 is 2.62 bits per heavy atom. The highest BCUT2D eigenvalue weighted by Crippen LogP contribution is 2.29. The van der Waals surface area contributed by atoms with Crippen LogP contribution >= 0.6 is 0 Å². The first-order chi connectivity index (χ1) is 12.7. The van der Waals surface area contributed by atoms with Gasteiger partial charge in [0.05, 0.1) is 20.8 Å². The number of nitrogens with one attached hydrogen (secondary N) is 2. The van der Waals surface area contributed by atoms with Crippen LogP contribution in [0.15, 0.2) is 36.4 Å². The molecule has 0 aliphatic rings. The maximum atomic E-state index is 12.3. The molecule has 26 heavy (non-hydrogen) atoms. The first-order valence-electron chi connectivity index (χ1n) is 7.93. The molecule has 0 fully saturated rings. The zero-order chi connectivity index (χ0) is 18.5. The van der Waals surface area contributed by atoms with Crippen LogP contribution < -0.4 is 24.8 Å². The average Bonchev–Trinajstić information content (AvgIpc) is 3.05. The lowest BCUT2D eigenvalue weighted by Gasteiger charge is -2.11. The van der Waals surface area contributed by atoms with Gasteiger partial charge in [-0.25, -0.2) is 9.20 Å². The Kier molecular flexibility index (Phi) is 5.07. The van der Waals surface area contributed by atoms with Gasteiger partial charge in [-0.2, -0.15) is 0 Å². The molecule has 0 aliphatic heterocycles. The molecular weight excluding hydrogens is 338 g/mol. The second-order valence-corrected chi connectivity index (χ2v) is 5.16. The number of hydrogen-bond donors (Lipinski definition) is 2. The van der Waals surface area contributed by atoms with Gasteiger partial charge in [-0.1, -0.05) is 6.07 Å². The molecule has 2 amide bonds. The standard InChI is InChI=1S/C17H19N5O4/c1-4-26-15-7-5-6-14-20-21-16(22(14)15)19-17(23)18-11-8-9-12(24-2)13(10-11)25-3/h5-10H,4H2,1-3H3,(H2,18,19,21,23). The summed E-state index contributed by atoms with van der Waals surface area (Å²) in [5.74, 6) is 1.87. The van der Waals surface area contributed by atoms with E-state index in [0.717, 1.165) is 0 Å². The van der Waals surface area contributed by atoms with Crippen LogP contribution in [0.25, 0.3) is 5.65 Å². The molecule has 2 heterocycles. The first-order valence-corrected chi connectivity index (χ1v) is 7.93. The summed E-state index contributed by atoms with van der Waals surface area (Å²) in [4.78, 5) is 12.3. The minimum absolute atomic E-state index is 0.252. The topological polar surface area (TPSA) is 99.0 Å². The lowest BCUT2D eigenvalue weighted by Crippen LogP contribution is -2.21. The van der Waals surface area contributed by atoms with Crippen LogP contribution in [0.5, 0.6) is 17.4 Å². The molecule has 0 bridgehead atoms. The van der Waals surface area contributed by atoms with E-state index in [9.17, 15) is 4.79 Å². The van der Waals surface area contributed by atoms with Crippen molar-refractivity contribution >= 4 is 23.3 Å². The van der Waals surface area contributed by atoms with Gasteiger partial charge in [0.15, 0.2) is 17.1 Å². The molecule has 0 spiro atoms. The molecule has 0 aliphatic carbocycles. The molecule has 1 aromatic carbocycles. The minimum atomic E-state index is -0.474. The van der Waals surface area contributed by atoms with E-state index in [1.165, 1.54) is 7.11 Å². The molecule has 0 radical (unpaired) electrons. The predicted octanol–water partition coefficient (Wildman–Crippen LogP) is 2.79. The number of carbonyl (C=O) groups is 1. The molecule has 136 valence electrons. The highest BCUT2D eigenvalue weighted by atomic mass is 16.5. The summed E-state index contributed by atoms with van der Waals surface area (Å²) in [5.41, 5.74) is 1.11. The van der Waals surface area contributed by atoms with Gasteiger partial charge in [-0.3, -0.25) is 5.32 Å². The van der Waals surface area contributed by atoms with Crippen molar-refractivity contribution in [1.82, 2.24) is 14.6 Å². The Labute approximate surface area is 149 Å². The molecule has 3 aromatic rings. The molecule has 9 nitrogen and oxygen atoms in total. The predicted molar refractivity (Wildman–Crippen MR) is 96.3 cm³/mol. The normalized spacial score (nSPS) is 10.4. The van der Waals surface area contributed by atoms with Gasteiger partial charge in [0.1, 0.15) is 0 Å². The Morgan fingerprint density at radius 2 is 1.88 bits per heavy atom. The molecule has 3 rings (SSSR count). The lowest BCUT2D eigenvalue weighted by molar-refractivity contribution is 0.262. The SMILES string of the molecule is CCOc1cccc2nnc(NC(=O)Nc3ccc(OC)c(OC)c3)n12. The Morgan fingerprint density at radius 1 is 1.08 bits per heavy atom. The van der Waals surface area contributed by atoms with E-state index >= 15 is 0 Å².